The van der Waals surface area contributed by atoms with Gasteiger partial charge in [0, 0.05) is 30.4 Å². The summed E-state index contributed by atoms with van der Waals surface area (Å²) < 4.78 is 1.77. The predicted octanol–water partition coefficient (Wildman–Crippen LogP) is 2.10. The van der Waals surface area contributed by atoms with Crippen molar-refractivity contribution in [3.63, 3.8) is 0 Å². The molecule has 8 heteroatoms. The van der Waals surface area contributed by atoms with Gasteiger partial charge in [-0.25, -0.2) is 0 Å². The fraction of sp³-hybridized carbons (Fsp3) is 0.375. The largest absolute Gasteiger partial charge is 0.378 e. The van der Waals surface area contributed by atoms with Crippen molar-refractivity contribution >= 4 is 17.3 Å². The number of aromatic nitrogens is 2. The third-order valence-corrected chi connectivity index (χ3v) is 3.79. The lowest BCUT2D eigenvalue weighted by Gasteiger charge is -2.09. The highest BCUT2D eigenvalue weighted by atomic mass is 16.6. The molecule has 0 radical (unpaired) electrons. The second-order valence-corrected chi connectivity index (χ2v) is 5.94. The zero-order valence-corrected chi connectivity index (χ0v) is 13.4. The van der Waals surface area contributed by atoms with Gasteiger partial charge in [-0.2, -0.15) is 5.10 Å². The summed E-state index contributed by atoms with van der Waals surface area (Å²) in [6, 6.07) is 4.71. The zero-order valence-electron chi connectivity index (χ0n) is 13.4. The third-order valence-electron chi connectivity index (χ3n) is 3.79. The molecule has 3 rings (SSSR count). The molecule has 1 aliphatic carbocycles. The van der Waals surface area contributed by atoms with Gasteiger partial charge in [0.25, 0.3) is 11.6 Å². The number of carbonyl (C=O) groups excluding carboxylic acids is 1. The molecular weight excluding hydrogens is 310 g/mol. The van der Waals surface area contributed by atoms with Crippen LogP contribution in [-0.4, -0.2) is 33.2 Å². The van der Waals surface area contributed by atoms with Gasteiger partial charge in [-0.1, -0.05) is 0 Å². The first-order chi connectivity index (χ1) is 11.5. The van der Waals surface area contributed by atoms with Crippen molar-refractivity contribution in [2.24, 2.45) is 0 Å². The van der Waals surface area contributed by atoms with E-state index >= 15 is 0 Å². The van der Waals surface area contributed by atoms with Crippen molar-refractivity contribution < 1.29 is 9.72 Å². The molecule has 1 amide bonds. The first-order valence-corrected chi connectivity index (χ1v) is 7.85. The van der Waals surface area contributed by atoms with Crippen LogP contribution in [0, 0.1) is 17.0 Å². The van der Waals surface area contributed by atoms with Crippen molar-refractivity contribution in [1.29, 1.82) is 0 Å². The second kappa shape index (κ2) is 6.69. The summed E-state index contributed by atoms with van der Waals surface area (Å²) in [4.78, 5) is 22.8. The smallest absolute Gasteiger partial charge is 0.293 e. The van der Waals surface area contributed by atoms with Gasteiger partial charge < -0.3 is 10.6 Å². The summed E-state index contributed by atoms with van der Waals surface area (Å²) >= 11 is 0. The molecule has 0 spiro atoms. The molecule has 0 unspecified atom stereocenters. The van der Waals surface area contributed by atoms with E-state index in [9.17, 15) is 14.9 Å². The maximum absolute atomic E-state index is 12.0. The number of hydrogen-bond donors (Lipinski definition) is 2. The van der Waals surface area contributed by atoms with E-state index in [0.717, 1.165) is 18.4 Å². The summed E-state index contributed by atoms with van der Waals surface area (Å²) in [5.41, 5.74) is 1.66. The van der Waals surface area contributed by atoms with Crippen LogP contribution in [0.15, 0.2) is 30.6 Å². The summed E-state index contributed by atoms with van der Waals surface area (Å²) in [6.45, 7) is 3.04. The van der Waals surface area contributed by atoms with E-state index in [1.165, 1.54) is 6.07 Å². The molecule has 0 atom stereocenters. The summed E-state index contributed by atoms with van der Waals surface area (Å²) in [5, 5.41) is 21.3. The van der Waals surface area contributed by atoms with Gasteiger partial charge in [0.05, 0.1) is 17.7 Å². The number of anilines is 1. The van der Waals surface area contributed by atoms with Crippen LogP contribution in [0.3, 0.4) is 0 Å². The summed E-state index contributed by atoms with van der Waals surface area (Å²) in [7, 11) is 0. The Morgan fingerprint density at radius 1 is 1.46 bits per heavy atom. The molecule has 1 aliphatic rings. The lowest BCUT2D eigenvalue weighted by molar-refractivity contribution is -0.384. The number of aryl methyl sites for hydroxylation is 1. The van der Waals surface area contributed by atoms with Crippen molar-refractivity contribution in [3.8, 4) is 0 Å². The number of amides is 1. The van der Waals surface area contributed by atoms with E-state index in [1.54, 1.807) is 23.0 Å². The lowest BCUT2D eigenvalue weighted by Crippen LogP contribution is -2.25. The molecule has 126 valence electrons. The van der Waals surface area contributed by atoms with Crippen LogP contribution in [-0.2, 0) is 6.54 Å². The van der Waals surface area contributed by atoms with Crippen LogP contribution in [0.5, 0.6) is 0 Å². The monoisotopic (exact) mass is 329 g/mol. The highest BCUT2D eigenvalue weighted by Gasteiger charge is 2.25. The second-order valence-electron chi connectivity index (χ2n) is 5.94. The van der Waals surface area contributed by atoms with Gasteiger partial charge in [0.2, 0.25) is 0 Å². The van der Waals surface area contributed by atoms with Crippen LogP contribution >= 0.6 is 0 Å². The molecule has 1 aromatic carbocycles. The minimum atomic E-state index is -0.478. The maximum Gasteiger partial charge on any atom is 0.293 e. The molecule has 2 aromatic rings. The van der Waals surface area contributed by atoms with Crippen LogP contribution in [0.25, 0.3) is 0 Å². The number of benzene rings is 1. The Morgan fingerprint density at radius 2 is 2.25 bits per heavy atom. The third kappa shape index (κ3) is 3.89. The Balaban J connectivity index is 1.67. The highest BCUT2D eigenvalue weighted by Crippen LogP contribution is 2.26. The number of nitro benzene ring substituents is 1. The molecule has 8 nitrogen and oxygen atoms in total. The summed E-state index contributed by atoms with van der Waals surface area (Å²) in [6.07, 6.45) is 5.61. The lowest BCUT2D eigenvalue weighted by atomic mass is 10.1. The van der Waals surface area contributed by atoms with Crippen LogP contribution in [0.1, 0.15) is 28.8 Å². The Bertz CT molecular complexity index is 767. The molecule has 1 heterocycles. The highest BCUT2D eigenvalue weighted by molar-refractivity contribution is 5.96. The van der Waals surface area contributed by atoms with Crippen LogP contribution in [0.2, 0.25) is 0 Å². The van der Waals surface area contributed by atoms with Crippen LogP contribution in [0.4, 0.5) is 11.4 Å². The average molecular weight is 329 g/mol. The van der Waals surface area contributed by atoms with Gasteiger partial charge in [-0.3, -0.25) is 19.6 Å². The van der Waals surface area contributed by atoms with E-state index in [0.29, 0.717) is 24.3 Å². The van der Waals surface area contributed by atoms with Gasteiger partial charge in [-0.05, 0) is 37.5 Å². The number of nitrogens with zero attached hydrogens (tertiary/aromatic N) is 3. The van der Waals surface area contributed by atoms with E-state index < -0.39 is 4.92 Å². The molecular formula is C16H19N5O3. The van der Waals surface area contributed by atoms with Gasteiger partial charge in [-0.15, -0.1) is 0 Å². The molecule has 1 saturated carbocycles. The summed E-state index contributed by atoms with van der Waals surface area (Å²) in [5.74, 6) is -0.265. The molecule has 1 fully saturated rings. The Kier molecular flexibility index (Phi) is 4.45. The molecule has 0 aliphatic heterocycles. The van der Waals surface area contributed by atoms with Gasteiger partial charge in [0.1, 0.15) is 5.69 Å². The minimum Gasteiger partial charge on any atom is -0.378 e. The number of hydrogen-bond acceptors (Lipinski definition) is 5. The normalized spacial score (nSPS) is 13.5. The quantitative estimate of drug-likeness (QED) is 0.598. The number of carbonyl (C=O) groups is 1. The topological polar surface area (TPSA) is 102 Å². The Hall–Kier alpha value is -2.90. The maximum atomic E-state index is 12.0. The molecule has 24 heavy (non-hydrogen) atoms. The predicted molar refractivity (Wildman–Crippen MR) is 89.0 cm³/mol. The van der Waals surface area contributed by atoms with Crippen molar-refractivity contribution in [1.82, 2.24) is 15.1 Å². The van der Waals surface area contributed by atoms with E-state index in [2.05, 4.69) is 15.7 Å². The minimum absolute atomic E-state index is 0.102. The fourth-order valence-corrected chi connectivity index (χ4v) is 2.36. The number of nitro groups is 1. The van der Waals surface area contributed by atoms with E-state index in [4.69, 9.17) is 0 Å². The fourth-order valence-electron chi connectivity index (χ4n) is 2.36. The van der Waals surface area contributed by atoms with Crippen molar-refractivity contribution in [3.05, 3.63) is 51.8 Å². The SMILES string of the molecule is Cc1cnn(CCNc2ccc(C(=O)NC3CC3)cc2[N+](=O)[O-])c1. The van der Waals surface area contributed by atoms with E-state index in [-0.39, 0.29) is 17.6 Å². The number of nitrogens with one attached hydrogen (secondary N) is 2. The Labute approximate surface area is 139 Å². The van der Waals surface area contributed by atoms with Crippen molar-refractivity contribution in [2.75, 3.05) is 11.9 Å². The molecule has 0 saturated heterocycles. The first-order valence-electron chi connectivity index (χ1n) is 7.85. The Morgan fingerprint density at radius 3 is 2.88 bits per heavy atom. The number of rotatable bonds is 7. The average Bonchev–Trinajstić information content (AvgIpc) is 3.27. The zero-order chi connectivity index (χ0) is 17.1. The standard InChI is InChI=1S/C16H19N5O3/c1-11-9-18-20(10-11)7-6-17-14-5-2-12(8-15(14)21(23)24)16(22)19-13-3-4-13/h2,5,8-10,13,17H,3-4,6-7H2,1H3,(H,19,22). The van der Waals surface area contributed by atoms with E-state index in [1.807, 2.05) is 13.1 Å². The first kappa shape index (κ1) is 16.0. The van der Waals surface area contributed by atoms with Gasteiger partial charge in [0.15, 0.2) is 0 Å². The van der Waals surface area contributed by atoms with Crippen molar-refractivity contribution in [2.45, 2.75) is 32.4 Å². The molecule has 0 bridgehead atoms. The molecule has 2 N–H and O–H groups in total. The van der Waals surface area contributed by atoms with Gasteiger partial charge >= 0.3 is 0 Å². The van der Waals surface area contributed by atoms with Crippen LogP contribution < -0.4 is 10.6 Å². The molecule has 1 aromatic heterocycles.